The second-order valence-electron chi connectivity index (χ2n) is 14.4. The molecule has 8 atom stereocenters. The lowest BCUT2D eigenvalue weighted by molar-refractivity contribution is -0.272. The van der Waals surface area contributed by atoms with Crippen LogP contribution >= 0.6 is 0 Å². The molecule has 11 nitrogen and oxygen atoms in total. The first-order valence-corrected chi connectivity index (χ1v) is 16.9. The van der Waals surface area contributed by atoms with Gasteiger partial charge in [-0.15, -0.1) is 0 Å². The molecule has 1 unspecified atom stereocenters. The molecular formula is C36H45NO10. The fraction of sp³-hybridized carbons (Fsp3) is 0.639. The molecule has 4 aliphatic rings. The van der Waals surface area contributed by atoms with E-state index >= 15 is 0 Å². The largest absolute Gasteiger partial charge is 0.482 e. The number of rotatable bonds is 8. The number of pyridine rings is 1. The average molecular weight is 652 g/mol. The van der Waals surface area contributed by atoms with Gasteiger partial charge >= 0.3 is 23.5 Å². The van der Waals surface area contributed by atoms with Crippen molar-refractivity contribution in [2.24, 2.45) is 28.6 Å². The molecule has 3 aliphatic carbocycles. The highest BCUT2D eigenvalue weighted by Gasteiger charge is 2.71. The minimum absolute atomic E-state index is 0.00436. The van der Waals surface area contributed by atoms with Gasteiger partial charge in [-0.3, -0.25) is 19.4 Å². The third-order valence-corrected chi connectivity index (χ3v) is 11.6. The number of hydrogen-bond donors (Lipinski definition) is 1. The molecule has 0 spiro atoms. The molecule has 0 aromatic carbocycles. The molecule has 2 aromatic rings. The number of aromatic nitrogens is 1. The molecule has 2 aromatic heterocycles. The van der Waals surface area contributed by atoms with Gasteiger partial charge in [0.2, 0.25) is 0 Å². The van der Waals surface area contributed by atoms with E-state index in [1.54, 1.807) is 44.4 Å². The van der Waals surface area contributed by atoms with Crippen LogP contribution in [0.15, 0.2) is 39.8 Å². The Hall–Kier alpha value is -3.73. The number of carbonyl (C=O) groups is 3. The van der Waals surface area contributed by atoms with Crippen LogP contribution in [0.5, 0.6) is 5.75 Å². The summed E-state index contributed by atoms with van der Waals surface area (Å²) in [6, 6.07) is 5.07. The molecule has 3 fully saturated rings. The number of aliphatic hydroxyl groups is 1. The van der Waals surface area contributed by atoms with Crippen LogP contribution in [0.3, 0.4) is 0 Å². The summed E-state index contributed by atoms with van der Waals surface area (Å²) in [5.41, 5.74) is -3.04. The summed E-state index contributed by atoms with van der Waals surface area (Å²) in [5.74, 6) is -1.98. The van der Waals surface area contributed by atoms with E-state index in [1.807, 2.05) is 20.8 Å². The number of esters is 3. The van der Waals surface area contributed by atoms with Gasteiger partial charge in [0.1, 0.15) is 41.5 Å². The number of hydrogen-bond acceptors (Lipinski definition) is 11. The Bertz CT molecular complexity index is 1590. The zero-order valence-corrected chi connectivity index (χ0v) is 27.8. The minimum atomic E-state index is -1.34. The Morgan fingerprint density at radius 1 is 1.04 bits per heavy atom. The Balaban J connectivity index is 1.48. The van der Waals surface area contributed by atoms with Gasteiger partial charge in [-0.2, -0.15) is 0 Å². The van der Waals surface area contributed by atoms with Gasteiger partial charge in [-0.1, -0.05) is 34.1 Å². The van der Waals surface area contributed by atoms with Crippen molar-refractivity contribution >= 4 is 17.9 Å². The summed E-state index contributed by atoms with van der Waals surface area (Å²) < 4.78 is 30.6. The zero-order valence-electron chi connectivity index (χ0n) is 27.8. The van der Waals surface area contributed by atoms with Gasteiger partial charge in [0.25, 0.3) is 0 Å². The van der Waals surface area contributed by atoms with Crippen LogP contribution in [0.4, 0.5) is 0 Å². The van der Waals surface area contributed by atoms with E-state index in [2.05, 4.69) is 4.98 Å². The SMILES string of the molecule is CCC(=O)OCC1(C)[C@@H](OC(=O)CC)CC[C@]2(C)[C@H]3[C@@H](O)c4c(cc(-c5cccnc5)oc4=O)O[C@]3(C)[C@@H](OC(=O)C3CCC3)C[C@@H]12. The topological polar surface area (TPSA) is 151 Å². The molecule has 0 amide bonds. The van der Waals surface area contributed by atoms with Crippen LogP contribution in [-0.4, -0.2) is 52.4 Å². The second-order valence-corrected chi connectivity index (χ2v) is 14.4. The Morgan fingerprint density at radius 2 is 1.79 bits per heavy atom. The summed E-state index contributed by atoms with van der Waals surface area (Å²) >= 11 is 0. The van der Waals surface area contributed by atoms with Gasteiger partial charge in [0, 0.05) is 48.2 Å². The smallest absolute Gasteiger partial charge is 0.345 e. The minimum Gasteiger partial charge on any atom is -0.482 e. The summed E-state index contributed by atoms with van der Waals surface area (Å²) in [5, 5.41) is 12.3. The lowest BCUT2D eigenvalue weighted by Crippen LogP contribution is -2.71. The summed E-state index contributed by atoms with van der Waals surface area (Å²) in [6.07, 6.45) is 4.48. The van der Waals surface area contributed by atoms with E-state index in [-0.39, 0.29) is 66.3 Å². The fourth-order valence-corrected chi connectivity index (χ4v) is 8.84. The molecule has 11 heteroatoms. The molecule has 0 bridgehead atoms. The Labute approximate surface area is 274 Å². The molecule has 3 heterocycles. The first-order chi connectivity index (χ1) is 22.4. The molecule has 3 saturated carbocycles. The molecule has 47 heavy (non-hydrogen) atoms. The van der Waals surface area contributed by atoms with E-state index in [0.717, 1.165) is 19.3 Å². The van der Waals surface area contributed by atoms with E-state index < -0.39 is 46.3 Å². The maximum atomic E-state index is 13.6. The first-order valence-electron chi connectivity index (χ1n) is 16.9. The van der Waals surface area contributed by atoms with Crippen molar-refractivity contribution < 1.29 is 42.9 Å². The Morgan fingerprint density at radius 3 is 2.43 bits per heavy atom. The van der Waals surface area contributed by atoms with E-state index in [9.17, 15) is 24.3 Å². The summed E-state index contributed by atoms with van der Waals surface area (Å²) in [4.78, 5) is 56.4. The van der Waals surface area contributed by atoms with E-state index in [1.165, 1.54) is 0 Å². The number of aliphatic hydroxyl groups excluding tert-OH is 1. The molecule has 6 rings (SSSR count). The van der Waals surface area contributed by atoms with Crippen LogP contribution in [0.2, 0.25) is 0 Å². The second kappa shape index (κ2) is 12.4. The molecule has 0 radical (unpaired) electrons. The standard InChI is InChI=1S/C36H45NO10/c1-6-27(38)43-19-35(4)24-17-26(46-32(41)20-10-8-11-20)36(5)31(34(24,3)14-13-25(35)45-28(39)7-2)30(40)29-23(47-36)16-22(44-33(29)42)21-12-9-15-37-18-21/h9,12,15-16,18,20,24-26,30-31,40H,6-8,10-11,13-14,17,19H2,1-5H3/t24-,25+,26+,30+,31-,34+,35?,36-/m1/s1. The van der Waals surface area contributed by atoms with Crippen LogP contribution < -0.4 is 10.4 Å². The van der Waals surface area contributed by atoms with E-state index in [0.29, 0.717) is 24.8 Å². The lowest BCUT2D eigenvalue weighted by atomic mass is 9.42. The predicted octanol–water partition coefficient (Wildman–Crippen LogP) is 5.32. The van der Waals surface area contributed by atoms with Gasteiger partial charge in [0.05, 0.1) is 12.0 Å². The molecule has 0 saturated heterocycles. The fourth-order valence-electron chi connectivity index (χ4n) is 8.84. The highest BCUT2D eigenvalue weighted by Crippen LogP contribution is 2.67. The Kier molecular flexibility index (Phi) is 8.74. The third-order valence-electron chi connectivity index (χ3n) is 11.6. The van der Waals surface area contributed by atoms with Crippen molar-refractivity contribution in [3.63, 3.8) is 0 Å². The van der Waals surface area contributed by atoms with Crippen molar-refractivity contribution in [3.8, 4) is 17.1 Å². The van der Waals surface area contributed by atoms with Crippen LogP contribution in [0.25, 0.3) is 11.3 Å². The molecule has 1 aliphatic heterocycles. The van der Waals surface area contributed by atoms with Gasteiger partial charge in [0.15, 0.2) is 0 Å². The molecule has 1 N–H and O–H groups in total. The zero-order chi connectivity index (χ0) is 33.7. The summed E-state index contributed by atoms with van der Waals surface area (Å²) in [7, 11) is 0. The number of carbonyl (C=O) groups excluding carboxylic acids is 3. The van der Waals surface area contributed by atoms with Crippen LogP contribution in [0.1, 0.15) is 97.7 Å². The number of nitrogens with zero attached hydrogens (tertiary/aromatic N) is 1. The lowest BCUT2D eigenvalue weighted by Gasteiger charge is -2.66. The average Bonchev–Trinajstić information content (AvgIpc) is 3.01. The van der Waals surface area contributed by atoms with E-state index in [4.69, 9.17) is 23.4 Å². The maximum Gasteiger partial charge on any atom is 0.345 e. The van der Waals surface area contributed by atoms with Crippen molar-refractivity contribution in [2.45, 2.75) is 110 Å². The molecular weight excluding hydrogens is 606 g/mol. The van der Waals surface area contributed by atoms with Crippen molar-refractivity contribution in [3.05, 3.63) is 46.6 Å². The van der Waals surface area contributed by atoms with Crippen molar-refractivity contribution in [1.29, 1.82) is 0 Å². The van der Waals surface area contributed by atoms with Crippen molar-refractivity contribution in [2.75, 3.05) is 6.61 Å². The summed E-state index contributed by atoms with van der Waals surface area (Å²) in [6.45, 7) is 9.25. The normalized spacial score (nSPS) is 34.4. The van der Waals surface area contributed by atoms with Crippen molar-refractivity contribution in [1.82, 2.24) is 4.98 Å². The quantitative estimate of drug-likeness (QED) is 0.292. The first kappa shape index (κ1) is 33.2. The maximum absolute atomic E-state index is 13.6. The predicted molar refractivity (Wildman–Crippen MR) is 168 cm³/mol. The number of ether oxygens (including phenoxy) is 4. The van der Waals surface area contributed by atoms with Crippen LogP contribution in [0, 0.1) is 28.6 Å². The monoisotopic (exact) mass is 651 g/mol. The number of fused-ring (bicyclic) bond motifs is 4. The van der Waals surface area contributed by atoms with Gasteiger partial charge in [-0.05, 0) is 62.5 Å². The highest BCUT2D eigenvalue weighted by atomic mass is 16.6. The molecule has 254 valence electrons. The third kappa shape index (κ3) is 5.54. The van der Waals surface area contributed by atoms with Gasteiger partial charge < -0.3 is 28.5 Å². The highest BCUT2D eigenvalue weighted by molar-refractivity contribution is 5.73. The van der Waals surface area contributed by atoms with Crippen LogP contribution in [-0.2, 0) is 28.6 Å². The van der Waals surface area contributed by atoms with Gasteiger partial charge in [-0.25, -0.2) is 4.79 Å².